The number of rotatable bonds is 8. The van der Waals surface area contributed by atoms with Gasteiger partial charge in [-0.3, -0.25) is 9.59 Å². The number of hydrogen-bond acceptors (Lipinski definition) is 4. The fourth-order valence-electron chi connectivity index (χ4n) is 3.62. The fourth-order valence-corrected chi connectivity index (χ4v) is 3.62. The van der Waals surface area contributed by atoms with Gasteiger partial charge < -0.3 is 20.6 Å². The van der Waals surface area contributed by atoms with E-state index in [1.165, 1.54) is 4.90 Å². The molecule has 1 fully saturated rings. The van der Waals surface area contributed by atoms with Crippen LogP contribution in [0, 0.1) is 0 Å². The van der Waals surface area contributed by atoms with E-state index in [2.05, 4.69) is 10.6 Å². The maximum absolute atomic E-state index is 12.6. The summed E-state index contributed by atoms with van der Waals surface area (Å²) in [6.07, 6.45) is 2.13. The van der Waals surface area contributed by atoms with E-state index in [1.54, 1.807) is 31.3 Å². The molecule has 0 unspecified atom stereocenters. The Morgan fingerprint density at radius 1 is 1.10 bits per heavy atom. The third-order valence-electron chi connectivity index (χ3n) is 5.33. The zero-order valence-corrected chi connectivity index (χ0v) is 17.0. The van der Waals surface area contributed by atoms with Crippen LogP contribution in [-0.4, -0.2) is 53.5 Å². The number of likely N-dealkylation sites (N-methyl/N-ethyl adjacent to an activating group) is 1. The van der Waals surface area contributed by atoms with Crippen LogP contribution in [0.2, 0.25) is 0 Å². The quantitative estimate of drug-likeness (QED) is 0.620. The average molecular weight is 409 g/mol. The zero-order valence-electron chi connectivity index (χ0n) is 17.0. The lowest BCUT2D eigenvalue weighted by Gasteiger charge is -2.27. The molecule has 2 aromatic carbocycles. The first kappa shape index (κ1) is 21.5. The molecule has 1 aliphatic rings. The van der Waals surface area contributed by atoms with Crippen molar-refractivity contribution in [3.63, 3.8) is 0 Å². The van der Waals surface area contributed by atoms with Crippen LogP contribution in [0.25, 0.3) is 0 Å². The predicted molar refractivity (Wildman–Crippen MR) is 114 cm³/mol. The maximum Gasteiger partial charge on any atom is 0.326 e. The summed E-state index contributed by atoms with van der Waals surface area (Å²) in [7, 11) is 1.54. The second-order valence-corrected chi connectivity index (χ2v) is 7.56. The molecule has 158 valence electrons. The van der Waals surface area contributed by atoms with E-state index >= 15 is 0 Å². The van der Waals surface area contributed by atoms with Gasteiger partial charge in [0.2, 0.25) is 11.8 Å². The van der Waals surface area contributed by atoms with Gasteiger partial charge in [-0.25, -0.2) is 4.79 Å². The first-order chi connectivity index (χ1) is 14.4. The predicted octanol–water partition coefficient (Wildman–Crippen LogP) is 2.07. The molecule has 7 nitrogen and oxygen atoms in total. The smallest absolute Gasteiger partial charge is 0.326 e. The minimum atomic E-state index is -1.04. The molecule has 0 aromatic heterocycles. The third kappa shape index (κ3) is 5.67. The maximum atomic E-state index is 12.6. The summed E-state index contributed by atoms with van der Waals surface area (Å²) in [5, 5.41) is 15.6. The molecule has 30 heavy (non-hydrogen) atoms. The summed E-state index contributed by atoms with van der Waals surface area (Å²) >= 11 is 0. The fraction of sp³-hybridized carbons (Fsp3) is 0.348. The second-order valence-electron chi connectivity index (χ2n) is 7.56. The third-order valence-corrected chi connectivity index (χ3v) is 5.33. The molecule has 2 aromatic rings. The van der Waals surface area contributed by atoms with Crippen molar-refractivity contribution in [2.75, 3.05) is 18.9 Å². The molecular weight excluding hydrogens is 382 g/mol. The topological polar surface area (TPSA) is 98.7 Å². The SMILES string of the molecule is CN(C(=O)[C@@H]1CCCN1)[C@@H](Cc1ccc(NC(=O)Cc2ccccc2)cc1)C(=O)O. The van der Waals surface area contributed by atoms with Crippen LogP contribution in [0.3, 0.4) is 0 Å². The number of nitrogens with zero attached hydrogens (tertiary/aromatic N) is 1. The average Bonchev–Trinajstić information content (AvgIpc) is 3.27. The lowest BCUT2D eigenvalue weighted by Crippen LogP contribution is -2.50. The lowest BCUT2D eigenvalue weighted by molar-refractivity contribution is -0.149. The van der Waals surface area contributed by atoms with Gasteiger partial charge in [-0.2, -0.15) is 0 Å². The van der Waals surface area contributed by atoms with Crippen molar-refractivity contribution in [1.29, 1.82) is 0 Å². The molecule has 7 heteroatoms. The van der Waals surface area contributed by atoms with Crippen LogP contribution in [-0.2, 0) is 27.2 Å². The summed E-state index contributed by atoms with van der Waals surface area (Å²) in [5.41, 5.74) is 2.36. The van der Waals surface area contributed by atoms with Crippen LogP contribution < -0.4 is 10.6 Å². The van der Waals surface area contributed by atoms with Crippen molar-refractivity contribution < 1.29 is 19.5 Å². The van der Waals surface area contributed by atoms with Crippen LogP contribution in [0.5, 0.6) is 0 Å². The molecule has 2 amide bonds. The molecule has 0 bridgehead atoms. The highest BCUT2D eigenvalue weighted by atomic mass is 16.4. The van der Waals surface area contributed by atoms with Gasteiger partial charge in [0.25, 0.3) is 0 Å². The van der Waals surface area contributed by atoms with E-state index in [0.717, 1.165) is 30.5 Å². The van der Waals surface area contributed by atoms with E-state index in [0.29, 0.717) is 5.69 Å². The Morgan fingerprint density at radius 2 is 1.80 bits per heavy atom. The summed E-state index contributed by atoms with van der Waals surface area (Å²) in [4.78, 5) is 37.8. The number of anilines is 1. The molecule has 0 saturated carbocycles. The van der Waals surface area contributed by atoms with Crippen LogP contribution >= 0.6 is 0 Å². The number of carboxylic acid groups (broad SMARTS) is 1. The Hall–Kier alpha value is -3.19. The number of carbonyl (C=O) groups is 3. The van der Waals surface area contributed by atoms with E-state index in [1.807, 2.05) is 30.3 Å². The molecule has 1 heterocycles. The molecule has 3 N–H and O–H groups in total. The first-order valence-electron chi connectivity index (χ1n) is 10.1. The largest absolute Gasteiger partial charge is 0.480 e. The van der Waals surface area contributed by atoms with Gasteiger partial charge in [0, 0.05) is 19.2 Å². The Balaban J connectivity index is 1.59. The molecule has 3 rings (SSSR count). The van der Waals surface area contributed by atoms with E-state index in [9.17, 15) is 19.5 Å². The Kier molecular flexibility index (Phi) is 7.19. The van der Waals surface area contributed by atoms with Crippen LogP contribution in [0.4, 0.5) is 5.69 Å². The van der Waals surface area contributed by atoms with E-state index in [4.69, 9.17) is 0 Å². The van der Waals surface area contributed by atoms with Gasteiger partial charge in [0.15, 0.2) is 0 Å². The van der Waals surface area contributed by atoms with Gasteiger partial charge in [0.05, 0.1) is 12.5 Å². The van der Waals surface area contributed by atoms with Crippen molar-refractivity contribution in [2.24, 2.45) is 0 Å². The van der Waals surface area contributed by atoms with E-state index < -0.39 is 12.0 Å². The van der Waals surface area contributed by atoms with Gasteiger partial charge in [-0.1, -0.05) is 42.5 Å². The lowest BCUT2D eigenvalue weighted by atomic mass is 10.0. The van der Waals surface area contributed by atoms with Crippen molar-refractivity contribution in [3.05, 3.63) is 65.7 Å². The highest BCUT2D eigenvalue weighted by molar-refractivity contribution is 5.92. The number of aliphatic carboxylic acids is 1. The number of carbonyl (C=O) groups excluding carboxylic acids is 2. The van der Waals surface area contributed by atoms with Gasteiger partial charge >= 0.3 is 5.97 Å². The molecule has 0 spiro atoms. The number of amides is 2. The summed E-state index contributed by atoms with van der Waals surface area (Å²) in [6, 6.07) is 15.3. The number of benzene rings is 2. The first-order valence-corrected chi connectivity index (χ1v) is 10.1. The van der Waals surface area contributed by atoms with Crippen LogP contribution in [0.1, 0.15) is 24.0 Å². The molecule has 0 aliphatic carbocycles. The number of nitrogens with one attached hydrogen (secondary N) is 2. The highest BCUT2D eigenvalue weighted by Crippen LogP contribution is 2.16. The van der Waals surface area contributed by atoms with Gasteiger partial charge in [-0.05, 0) is 42.6 Å². The number of carboxylic acids is 1. The summed E-state index contributed by atoms with van der Waals surface area (Å²) < 4.78 is 0. The zero-order chi connectivity index (χ0) is 21.5. The standard InChI is InChI=1S/C23H27N3O4/c1-26(22(28)19-8-5-13-24-19)20(23(29)30)14-17-9-11-18(12-10-17)25-21(27)15-16-6-3-2-4-7-16/h2-4,6-7,9-12,19-20,24H,5,8,13-15H2,1H3,(H,25,27)(H,29,30)/t19-,20-/m0/s1. The Bertz CT molecular complexity index is 877. The minimum absolute atomic E-state index is 0.119. The second kappa shape index (κ2) is 10.0. The van der Waals surface area contributed by atoms with Gasteiger partial charge in [0.1, 0.15) is 6.04 Å². The monoisotopic (exact) mass is 409 g/mol. The van der Waals surface area contributed by atoms with Gasteiger partial charge in [-0.15, -0.1) is 0 Å². The van der Waals surface area contributed by atoms with Crippen molar-refractivity contribution in [1.82, 2.24) is 10.2 Å². The molecular formula is C23H27N3O4. The summed E-state index contributed by atoms with van der Waals surface area (Å²) in [5.74, 6) is -1.35. The highest BCUT2D eigenvalue weighted by Gasteiger charge is 2.32. The molecule has 0 radical (unpaired) electrons. The van der Waals surface area contributed by atoms with Crippen molar-refractivity contribution >= 4 is 23.5 Å². The molecule has 2 atom stereocenters. The van der Waals surface area contributed by atoms with Crippen LogP contribution in [0.15, 0.2) is 54.6 Å². The minimum Gasteiger partial charge on any atom is -0.480 e. The van der Waals surface area contributed by atoms with Crippen molar-refractivity contribution in [3.8, 4) is 0 Å². The molecule has 1 saturated heterocycles. The Labute approximate surface area is 176 Å². The van der Waals surface area contributed by atoms with E-state index in [-0.39, 0.29) is 30.7 Å². The number of hydrogen-bond donors (Lipinski definition) is 3. The normalized spacial score (nSPS) is 16.6. The Morgan fingerprint density at radius 3 is 2.40 bits per heavy atom. The van der Waals surface area contributed by atoms with Crippen molar-refractivity contribution in [2.45, 2.75) is 37.8 Å². The summed E-state index contributed by atoms with van der Waals surface area (Å²) in [6.45, 7) is 0.777. The molecule has 1 aliphatic heterocycles.